The minimum absolute atomic E-state index is 0.309. The highest BCUT2D eigenvalue weighted by molar-refractivity contribution is 6.62. The number of hydrogen-bond acceptors (Lipinski definition) is 2. The van der Waals surface area contributed by atoms with Gasteiger partial charge >= 0.3 is 7.12 Å². The van der Waals surface area contributed by atoms with E-state index in [1.54, 1.807) is 0 Å². The highest BCUT2D eigenvalue weighted by atomic mass is 35.5. The van der Waals surface area contributed by atoms with E-state index in [-0.39, 0.29) is 18.3 Å². The van der Waals surface area contributed by atoms with Crippen LogP contribution in [0.2, 0.25) is 5.02 Å². The van der Waals surface area contributed by atoms with E-state index in [2.05, 4.69) is 39.8 Å². The molecule has 0 atom stereocenters. The van der Waals surface area contributed by atoms with Crippen molar-refractivity contribution in [1.82, 2.24) is 0 Å². The largest absolute Gasteiger partial charge is 0.494 e. The van der Waals surface area contributed by atoms with Gasteiger partial charge in [0.15, 0.2) is 0 Å². The van der Waals surface area contributed by atoms with E-state index < -0.39 is 0 Å². The van der Waals surface area contributed by atoms with Gasteiger partial charge in [-0.05, 0) is 76.0 Å². The Morgan fingerprint density at radius 3 is 2.25 bits per heavy atom. The Labute approximate surface area is 126 Å². The summed E-state index contributed by atoms with van der Waals surface area (Å²) in [7, 11) is -0.323. The van der Waals surface area contributed by atoms with Gasteiger partial charge in [-0.25, -0.2) is 0 Å². The predicted molar refractivity (Wildman–Crippen MR) is 83.6 cm³/mol. The molecule has 0 spiro atoms. The molecule has 1 aliphatic heterocycles. The Morgan fingerprint density at radius 1 is 1.10 bits per heavy atom. The molecule has 0 amide bonds. The monoisotopic (exact) mass is 292 g/mol. The van der Waals surface area contributed by atoms with Crippen LogP contribution < -0.4 is 5.46 Å². The first kappa shape index (κ1) is 14.4. The average Bonchev–Trinajstić information content (AvgIpc) is 3.06. The van der Waals surface area contributed by atoms with Gasteiger partial charge in [0.05, 0.1) is 11.2 Å². The molecule has 2 aliphatic rings. The Balaban J connectivity index is 1.85. The molecule has 108 valence electrons. The van der Waals surface area contributed by atoms with Crippen molar-refractivity contribution in [1.29, 1.82) is 0 Å². The van der Waals surface area contributed by atoms with E-state index >= 15 is 0 Å². The third-order valence-corrected chi connectivity index (χ3v) is 4.94. The molecule has 2 nitrogen and oxygen atoms in total. The molecule has 0 radical (unpaired) electrons. The Morgan fingerprint density at radius 2 is 1.70 bits per heavy atom. The lowest BCUT2D eigenvalue weighted by atomic mass is 9.78. The van der Waals surface area contributed by atoms with Crippen molar-refractivity contribution in [2.45, 2.75) is 58.2 Å². The molecule has 20 heavy (non-hydrogen) atoms. The quantitative estimate of drug-likeness (QED) is 0.793. The van der Waals surface area contributed by atoms with Gasteiger partial charge in [-0.15, -0.1) is 0 Å². The summed E-state index contributed by atoms with van der Waals surface area (Å²) in [5.41, 5.74) is 1.71. The third-order valence-electron chi connectivity index (χ3n) is 4.73. The van der Waals surface area contributed by atoms with Crippen LogP contribution in [0.3, 0.4) is 0 Å². The zero-order valence-corrected chi connectivity index (χ0v) is 13.5. The van der Waals surface area contributed by atoms with Crippen LogP contribution in [0.25, 0.3) is 0 Å². The van der Waals surface area contributed by atoms with Gasteiger partial charge in [-0.1, -0.05) is 17.7 Å². The van der Waals surface area contributed by atoms with Crippen LogP contribution in [0, 0.1) is 5.92 Å². The molecule has 1 aromatic carbocycles. The highest BCUT2D eigenvalue weighted by Gasteiger charge is 2.51. The van der Waals surface area contributed by atoms with E-state index in [9.17, 15) is 0 Å². The Kier molecular flexibility index (Phi) is 3.43. The molecule has 1 heterocycles. The summed E-state index contributed by atoms with van der Waals surface area (Å²) in [4.78, 5) is 0. The maximum Gasteiger partial charge on any atom is 0.494 e. The van der Waals surface area contributed by atoms with Gasteiger partial charge in [0, 0.05) is 5.02 Å². The first-order valence-corrected chi connectivity index (χ1v) is 7.80. The normalized spacial score (nSPS) is 24.1. The summed E-state index contributed by atoms with van der Waals surface area (Å²) >= 11 is 6.26. The van der Waals surface area contributed by atoms with Gasteiger partial charge in [0.25, 0.3) is 0 Å². The van der Waals surface area contributed by atoms with E-state index in [0.717, 1.165) is 22.8 Å². The highest BCUT2D eigenvalue weighted by Crippen LogP contribution is 2.37. The van der Waals surface area contributed by atoms with Crippen molar-refractivity contribution in [2.24, 2.45) is 5.92 Å². The second-order valence-corrected chi connectivity index (χ2v) is 7.56. The third kappa shape index (κ3) is 2.76. The first-order chi connectivity index (χ1) is 9.27. The van der Waals surface area contributed by atoms with Gasteiger partial charge in [0.2, 0.25) is 0 Å². The first-order valence-electron chi connectivity index (χ1n) is 7.42. The molecule has 3 rings (SSSR count). The molecule has 0 aromatic heterocycles. The maximum absolute atomic E-state index is 6.26. The molecule has 4 heteroatoms. The van der Waals surface area contributed by atoms with Crippen LogP contribution in [0.5, 0.6) is 0 Å². The van der Waals surface area contributed by atoms with Crippen LogP contribution in [-0.4, -0.2) is 18.3 Å². The second-order valence-electron chi connectivity index (χ2n) is 7.13. The van der Waals surface area contributed by atoms with E-state index in [0.29, 0.717) is 0 Å². The fourth-order valence-electron chi connectivity index (χ4n) is 2.56. The summed E-state index contributed by atoms with van der Waals surface area (Å²) in [6, 6.07) is 6.21. The molecular formula is C16H22BClO2. The van der Waals surface area contributed by atoms with E-state index in [1.165, 1.54) is 18.4 Å². The molecule has 0 unspecified atom stereocenters. The van der Waals surface area contributed by atoms with E-state index in [4.69, 9.17) is 20.9 Å². The van der Waals surface area contributed by atoms with Crippen molar-refractivity contribution in [3.63, 3.8) is 0 Å². The van der Waals surface area contributed by atoms with Crippen LogP contribution in [0.15, 0.2) is 18.2 Å². The summed E-state index contributed by atoms with van der Waals surface area (Å²) in [6.45, 7) is 8.29. The summed E-state index contributed by atoms with van der Waals surface area (Å²) in [5.74, 6) is 0.847. The van der Waals surface area contributed by atoms with Gasteiger partial charge in [0.1, 0.15) is 0 Å². The molecule has 1 aliphatic carbocycles. The van der Waals surface area contributed by atoms with E-state index in [1.807, 2.05) is 6.07 Å². The lowest BCUT2D eigenvalue weighted by Gasteiger charge is -2.32. The maximum atomic E-state index is 6.26. The van der Waals surface area contributed by atoms with Gasteiger partial charge < -0.3 is 9.31 Å². The van der Waals surface area contributed by atoms with Crippen molar-refractivity contribution in [3.05, 3.63) is 28.8 Å². The Hall–Kier alpha value is -0.505. The zero-order chi connectivity index (χ0) is 14.5. The summed E-state index contributed by atoms with van der Waals surface area (Å²) in [6.07, 6.45) is 3.81. The lowest BCUT2D eigenvalue weighted by Crippen LogP contribution is -2.41. The molecule has 0 N–H and O–H groups in total. The minimum Gasteiger partial charge on any atom is -0.399 e. The zero-order valence-electron chi connectivity index (χ0n) is 12.7. The lowest BCUT2D eigenvalue weighted by molar-refractivity contribution is 0.00578. The van der Waals surface area contributed by atoms with Crippen LogP contribution >= 0.6 is 11.6 Å². The van der Waals surface area contributed by atoms with Crippen molar-refractivity contribution >= 4 is 24.2 Å². The number of rotatable bonds is 3. The number of benzene rings is 1. The summed E-state index contributed by atoms with van der Waals surface area (Å²) in [5, 5.41) is 0.771. The van der Waals surface area contributed by atoms with Crippen LogP contribution in [0.4, 0.5) is 0 Å². The fourth-order valence-corrected chi connectivity index (χ4v) is 2.83. The second kappa shape index (κ2) is 4.76. The Bertz CT molecular complexity index is 507. The number of hydrogen-bond donors (Lipinski definition) is 0. The smallest absolute Gasteiger partial charge is 0.399 e. The summed E-state index contributed by atoms with van der Waals surface area (Å²) < 4.78 is 12.2. The van der Waals surface area contributed by atoms with Crippen LogP contribution in [-0.2, 0) is 15.7 Å². The van der Waals surface area contributed by atoms with Gasteiger partial charge in [-0.3, -0.25) is 0 Å². The minimum atomic E-state index is -0.323. The molecule has 2 fully saturated rings. The molecule has 0 bridgehead atoms. The molecule has 1 saturated heterocycles. The molecule has 1 saturated carbocycles. The van der Waals surface area contributed by atoms with Crippen molar-refractivity contribution in [2.75, 3.05) is 0 Å². The van der Waals surface area contributed by atoms with Crippen molar-refractivity contribution in [3.8, 4) is 0 Å². The van der Waals surface area contributed by atoms with Crippen LogP contribution in [0.1, 0.15) is 46.1 Å². The number of halogens is 1. The fraction of sp³-hybridized carbons (Fsp3) is 0.625. The topological polar surface area (TPSA) is 18.5 Å². The SMILES string of the molecule is CC1(C)OB(c2cc(Cl)cc(CC3CC3)c2)OC1(C)C. The van der Waals surface area contributed by atoms with Crippen molar-refractivity contribution < 1.29 is 9.31 Å². The average molecular weight is 293 g/mol. The van der Waals surface area contributed by atoms with Gasteiger partial charge in [-0.2, -0.15) is 0 Å². The molecule has 1 aromatic rings. The molecular weight excluding hydrogens is 270 g/mol. The predicted octanol–water partition coefficient (Wildman–Crippen LogP) is 3.59. The standard InChI is InChI=1S/C16H22BClO2/c1-15(2)16(3,4)20-17(19-15)13-8-12(7-11-5-6-11)9-14(18)10-13/h8-11H,5-7H2,1-4H3.